The number of unbranched alkanes of at least 4 members (excludes halogenated alkanes) is 1. The number of aromatic nitrogens is 3. The minimum Gasteiger partial charge on any atom is -0.383 e. The van der Waals surface area contributed by atoms with Crippen molar-refractivity contribution in [2.24, 2.45) is 5.73 Å². The van der Waals surface area contributed by atoms with Crippen LogP contribution in [0.5, 0.6) is 0 Å². The fourth-order valence-corrected chi connectivity index (χ4v) is 1.30. The van der Waals surface area contributed by atoms with Crippen molar-refractivity contribution >= 4 is 0 Å². The van der Waals surface area contributed by atoms with Gasteiger partial charge in [-0.15, -0.1) is 5.10 Å². The summed E-state index contributed by atoms with van der Waals surface area (Å²) >= 11 is 0. The molecule has 0 aliphatic carbocycles. The van der Waals surface area contributed by atoms with E-state index in [0.29, 0.717) is 6.61 Å². The van der Waals surface area contributed by atoms with Crippen molar-refractivity contribution in [1.82, 2.24) is 15.0 Å². The maximum atomic E-state index is 5.90. The molecule has 2 N–H and O–H groups in total. The van der Waals surface area contributed by atoms with Gasteiger partial charge in [0.25, 0.3) is 0 Å². The summed E-state index contributed by atoms with van der Waals surface area (Å²) in [5.74, 6) is 0. The van der Waals surface area contributed by atoms with Crippen molar-refractivity contribution in [2.45, 2.75) is 32.4 Å². The van der Waals surface area contributed by atoms with E-state index in [1.807, 2.05) is 4.68 Å². The molecule has 0 radical (unpaired) electrons. The molecule has 1 aromatic heterocycles. The Hall–Kier alpha value is -0.940. The fourth-order valence-electron chi connectivity index (χ4n) is 1.30. The molecular weight excluding hydrogens is 180 g/mol. The van der Waals surface area contributed by atoms with Crippen LogP contribution in [0.15, 0.2) is 6.20 Å². The minimum atomic E-state index is -0.133. The molecule has 1 aromatic rings. The van der Waals surface area contributed by atoms with Gasteiger partial charge < -0.3 is 10.5 Å². The van der Waals surface area contributed by atoms with Gasteiger partial charge in [0, 0.05) is 13.7 Å². The summed E-state index contributed by atoms with van der Waals surface area (Å²) in [7, 11) is 1.64. The molecule has 5 nitrogen and oxygen atoms in total. The molecule has 0 fully saturated rings. The van der Waals surface area contributed by atoms with Gasteiger partial charge in [0.15, 0.2) is 0 Å². The molecule has 0 unspecified atom stereocenters. The van der Waals surface area contributed by atoms with Gasteiger partial charge in [-0.25, -0.2) is 4.68 Å². The molecule has 1 rings (SSSR count). The summed E-state index contributed by atoms with van der Waals surface area (Å²) in [5, 5.41) is 7.84. The van der Waals surface area contributed by atoms with Gasteiger partial charge in [0.05, 0.1) is 24.5 Å². The second-order valence-electron chi connectivity index (χ2n) is 3.30. The third-order valence-corrected chi connectivity index (χ3v) is 2.10. The lowest BCUT2D eigenvalue weighted by Crippen LogP contribution is -2.20. The van der Waals surface area contributed by atoms with E-state index in [4.69, 9.17) is 10.5 Å². The molecular formula is C9H18N4O. The Morgan fingerprint density at radius 2 is 2.43 bits per heavy atom. The third-order valence-electron chi connectivity index (χ3n) is 2.10. The molecule has 5 heteroatoms. The highest BCUT2D eigenvalue weighted by Crippen LogP contribution is 2.09. The van der Waals surface area contributed by atoms with Crippen molar-refractivity contribution in [3.8, 4) is 0 Å². The number of rotatable bonds is 6. The SMILES string of the molecule is CCCCn1nncc1[C@H](N)COC. The average molecular weight is 198 g/mol. The van der Waals surface area contributed by atoms with Gasteiger partial charge in [-0.3, -0.25) is 0 Å². The van der Waals surface area contributed by atoms with Crippen LogP contribution in [0.2, 0.25) is 0 Å². The summed E-state index contributed by atoms with van der Waals surface area (Å²) < 4.78 is 6.85. The quantitative estimate of drug-likeness (QED) is 0.731. The number of aryl methyl sites for hydroxylation is 1. The molecule has 0 spiro atoms. The van der Waals surface area contributed by atoms with Gasteiger partial charge >= 0.3 is 0 Å². The van der Waals surface area contributed by atoms with Crippen LogP contribution in [0.25, 0.3) is 0 Å². The van der Waals surface area contributed by atoms with Crippen molar-refractivity contribution in [1.29, 1.82) is 0 Å². The van der Waals surface area contributed by atoms with Crippen molar-refractivity contribution < 1.29 is 4.74 Å². The molecule has 14 heavy (non-hydrogen) atoms. The summed E-state index contributed by atoms with van der Waals surface area (Å²) in [6.07, 6.45) is 3.94. The number of hydrogen-bond donors (Lipinski definition) is 1. The molecule has 1 heterocycles. The number of nitrogens with zero attached hydrogens (tertiary/aromatic N) is 3. The van der Waals surface area contributed by atoms with Gasteiger partial charge in [0.1, 0.15) is 0 Å². The lowest BCUT2D eigenvalue weighted by Gasteiger charge is -2.11. The monoisotopic (exact) mass is 198 g/mol. The average Bonchev–Trinajstić information content (AvgIpc) is 2.63. The van der Waals surface area contributed by atoms with E-state index in [9.17, 15) is 0 Å². The van der Waals surface area contributed by atoms with Crippen LogP contribution in [-0.2, 0) is 11.3 Å². The zero-order valence-electron chi connectivity index (χ0n) is 8.81. The first kappa shape index (κ1) is 11.1. The van der Waals surface area contributed by atoms with E-state index in [0.717, 1.165) is 25.1 Å². The van der Waals surface area contributed by atoms with Crippen molar-refractivity contribution in [3.63, 3.8) is 0 Å². The molecule has 0 amide bonds. The molecule has 0 saturated carbocycles. The Labute approximate surface area is 84.2 Å². The topological polar surface area (TPSA) is 66.0 Å². The second-order valence-corrected chi connectivity index (χ2v) is 3.30. The predicted octanol–water partition coefficient (Wildman–Crippen LogP) is 0.724. The molecule has 0 saturated heterocycles. The summed E-state index contributed by atoms with van der Waals surface area (Å²) in [5.41, 5.74) is 6.84. The van der Waals surface area contributed by atoms with Crippen LogP contribution >= 0.6 is 0 Å². The van der Waals surface area contributed by atoms with E-state index >= 15 is 0 Å². The number of hydrogen-bond acceptors (Lipinski definition) is 4. The van der Waals surface area contributed by atoms with E-state index in [1.165, 1.54) is 0 Å². The molecule has 0 aliphatic rings. The summed E-state index contributed by atoms with van der Waals surface area (Å²) in [4.78, 5) is 0. The predicted molar refractivity (Wildman–Crippen MR) is 53.7 cm³/mol. The number of nitrogens with two attached hydrogens (primary N) is 1. The summed E-state index contributed by atoms with van der Waals surface area (Å²) in [6, 6.07) is -0.133. The van der Waals surface area contributed by atoms with Crippen LogP contribution in [0.3, 0.4) is 0 Å². The van der Waals surface area contributed by atoms with E-state index in [1.54, 1.807) is 13.3 Å². The minimum absolute atomic E-state index is 0.133. The fraction of sp³-hybridized carbons (Fsp3) is 0.778. The zero-order chi connectivity index (χ0) is 10.4. The largest absolute Gasteiger partial charge is 0.383 e. The molecule has 0 bridgehead atoms. The van der Waals surface area contributed by atoms with Crippen LogP contribution in [-0.4, -0.2) is 28.7 Å². The van der Waals surface area contributed by atoms with E-state index in [2.05, 4.69) is 17.2 Å². The maximum Gasteiger partial charge on any atom is 0.0777 e. The Morgan fingerprint density at radius 1 is 1.64 bits per heavy atom. The first-order valence-electron chi connectivity index (χ1n) is 4.92. The lowest BCUT2D eigenvalue weighted by molar-refractivity contribution is 0.177. The molecule has 0 aliphatic heterocycles. The van der Waals surface area contributed by atoms with Crippen LogP contribution in [0.4, 0.5) is 0 Å². The zero-order valence-corrected chi connectivity index (χ0v) is 8.81. The Morgan fingerprint density at radius 3 is 3.07 bits per heavy atom. The Bertz CT molecular complexity index is 261. The molecule has 1 atom stereocenters. The highest BCUT2D eigenvalue weighted by atomic mass is 16.5. The van der Waals surface area contributed by atoms with Gasteiger partial charge in [-0.05, 0) is 6.42 Å². The van der Waals surface area contributed by atoms with Crippen LogP contribution < -0.4 is 5.73 Å². The highest BCUT2D eigenvalue weighted by molar-refractivity contribution is 5.01. The first-order chi connectivity index (χ1) is 6.79. The van der Waals surface area contributed by atoms with Crippen molar-refractivity contribution in [3.05, 3.63) is 11.9 Å². The smallest absolute Gasteiger partial charge is 0.0777 e. The Balaban J connectivity index is 2.61. The molecule has 80 valence electrons. The van der Waals surface area contributed by atoms with Gasteiger partial charge in [-0.2, -0.15) is 0 Å². The Kier molecular flexibility index (Phi) is 4.55. The maximum absolute atomic E-state index is 5.90. The third kappa shape index (κ3) is 2.78. The number of methoxy groups -OCH3 is 1. The van der Waals surface area contributed by atoms with E-state index in [-0.39, 0.29) is 6.04 Å². The molecule has 0 aromatic carbocycles. The van der Waals surface area contributed by atoms with Gasteiger partial charge in [-0.1, -0.05) is 18.6 Å². The lowest BCUT2D eigenvalue weighted by atomic mass is 10.2. The summed E-state index contributed by atoms with van der Waals surface area (Å²) in [6.45, 7) is 3.52. The normalized spacial score (nSPS) is 13.1. The van der Waals surface area contributed by atoms with E-state index < -0.39 is 0 Å². The van der Waals surface area contributed by atoms with Crippen molar-refractivity contribution in [2.75, 3.05) is 13.7 Å². The standard InChI is InChI=1S/C9H18N4O/c1-3-4-5-13-9(6-11-12-13)8(10)7-14-2/h6,8H,3-5,7,10H2,1-2H3/t8-/m1/s1. The second kappa shape index (κ2) is 5.72. The van der Waals surface area contributed by atoms with Crippen LogP contribution in [0, 0.1) is 0 Å². The number of ether oxygens (including phenoxy) is 1. The van der Waals surface area contributed by atoms with Crippen LogP contribution in [0.1, 0.15) is 31.5 Å². The highest BCUT2D eigenvalue weighted by Gasteiger charge is 2.11. The van der Waals surface area contributed by atoms with Gasteiger partial charge in [0.2, 0.25) is 0 Å². The first-order valence-corrected chi connectivity index (χ1v) is 4.92.